The van der Waals surface area contributed by atoms with Gasteiger partial charge in [-0.2, -0.15) is 5.10 Å². The summed E-state index contributed by atoms with van der Waals surface area (Å²) in [6.07, 6.45) is 1.74. The van der Waals surface area contributed by atoms with E-state index >= 15 is 0 Å². The highest BCUT2D eigenvalue weighted by atomic mass is 35.5. The van der Waals surface area contributed by atoms with Crippen molar-refractivity contribution in [3.05, 3.63) is 71.0 Å². The fourth-order valence-corrected chi connectivity index (χ4v) is 2.92. The molecule has 3 heterocycles. The van der Waals surface area contributed by atoms with Crippen LogP contribution in [0.3, 0.4) is 0 Å². The van der Waals surface area contributed by atoms with Crippen LogP contribution in [0.2, 0.25) is 5.02 Å². The van der Waals surface area contributed by atoms with Crippen LogP contribution in [0.25, 0.3) is 11.2 Å². The number of halogens is 1. The van der Waals surface area contributed by atoms with Crippen LogP contribution >= 0.6 is 11.6 Å². The minimum absolute atomic E-state index is 0.169. The molecule has 0 aliphatic heterocycles. The number of anilines is 2. The normalized spacial score (nSPS) is 11.0. The fourth-order valence-electron chi connectivity index (χ4n) is 2.80. The number of benzene rings is 1. The van der Waals surface area contributed by atoms with Gasteiger partial charge in [0.15, 0.2) is 5.82 Å². The summed E-state index contributed by atoms with van der Waals surface area (Å²) < 4.78 is 3.22. The summed E-state index contributed by atoms with van der Waals surface area (Å²) in [6.45, 7) is 1.85. The predicted molar refractivity (Wildman–Crippen MR) is 101 cm³/mol. The second kappa shape index (κ2) is 6.20. The SMILES string of the molecule is Cc1cc(NC(=O)c2c(N)nn3ccccc23)n(-c2ccc(Cl)cc2)n1. The quantitative estimate of drug-likeness (QED) is 0.582. The Bertz CT molecular complexity index is 1110. The van der Waals surface area contributed by atoms with Gasteiger partial charge in [-0.25, -0.2) is 9.20 Å². The number of carbonyl (C=O) groups is 1. The molecular formula is C18H15ClN6O. The number of pyridine rings is 1. The third-order valence-electron chi connectivity index (χ3n) is 3.94. The maximum absolute atomic E-state index is 12.9. The molecule has 0 aliphatic carbocycles. The lowest BCUT2D eigenvalue weighted by atomic mass is 10.2. The molecule has 0 unspecified atom stereocenters. The van der Waals surface area contributed by atoms with Gasteiger partial charge >= 0.3 is 0 Å². The van der Waals surface area contributed by atoms with E-state index in [2.05, 4.69) is 15.5 Å². The maximum Gasteiger partial charge on any atom is 0.262 e. The second-order valence-corrected chi connectivity index (χ2v) is 6.24. The molecule has 0 spiro atoms. The molecule has 130 valence electrons. The third-order valence-corrected chi connectivity index (χ3v) is 4.19. The number of amides is 1. The largest absolute Gasteiger partial charge is 0.382 e. The van der Waals surface area contributed by atoms with Crippen LogP contribution in [-0.2, 0) is 0 Å². The lowest BCUT2D eigenvalue weighted by Crippen LogP contribution is -2.16. The van der Waals surface area contributed by atoms with Crippen molar-refractivity contribution < 1.29 is 4.79 Å². The van der Waals surface area contributed by atoms with Crippen LogP contribution in [0.4, 0.5) is 11.6 Å². The number of hydrogen-bond acceptors (Lipinski definition) is 4. The number of nitrogens with zero attached hydrogens (tertiary/aromatic N) is 4. The average molecular weight is 367 g/mol. The van der Waals surface area contributed by atoms with Gasteiger partial charge in [0, 0.05) is 17.3 Å². The van der Waals surface area contributed by atoms with Crippen molar-refractivity contribution in [2.24, 2.45) is 0 Å². The summed E-state index contributed by atoms with van der Waals surface area (Å²) in [6, 6.07) is 14.4. The number of aryl methyl sites for hydroxylation is 1. The minimum atomic E-state index is -0.348. The summed E-state index contributed by atoms with van der Waals surface area (Å²) in [7, 11) is 0. The van der Waals surface area contributed by atoms with E-state index in [0.29, 0.717) is 21.9 Å². The number of nitrogens with two attached hydrogens (primary N) is 1. The number of carbonyl (C=O) groups excluding carboxylic acids is 1. The summed E-state index contributed by atoms with van der Waals surface area (Å²) in [4.78, 5) is 12.9. The zero-order valence-corrected chi connectivity index (χ0v) is 14.6. The standard InChI is InChI=1S/C18H15ClN6O/c1-11-10-15(25(22-11)13-7-5-12(19)6-8-13)21-18(26)16-14-4-2-3-9-24(14)23-17(16)20/h2-10H,1H3,(H2,20,23)(H,21,26). The van der Waals surface area contributed by atoms with Crippen molar-refractivity contribution in [1.29, 1.82) is 0 Å². The number of fused-ring (bicyclic) bond motifs is 1. The number of aromatic nitrogens is 4. The molecule has 0 radical (unpaired) electrons. The Balaban J connectivity index is 1.72. The predicted octanol–water partition coefficient (Wildman–Crippen LogP) is 3.32. The van der Waals surface area contributed by atoms with Gasteiger partial charge in [-0.1, -0.05) is 17.7 Å². The topological polar surface area (TPSA) is 90.2 Å². The van der Waals surface area contributed by atoms with Crippen molar-refractivity contribution in [3.63, 3.8) is 0 Å². The smallest absolute Gasteiger partial charge is 0.262 e. The molecule has 8 heteroatoms. The van der Waals surface area contributed by atoms with Gasteiger partial charge in [0.2, 0.25) is 0 Å². The van der Waals surface area contributed by atoms with Crippen molar-refractivity contribution >= 4 is 34.7 Å². The Labute approximate surface area is 154 Å². The highest BCUT2D eigenvalue weighted by Gasteiger charge is 2.20. The molecule has 0 atom stereocenters. The van der Waals surface area contributed by atoms with Crippen LogP contribution in [0, 0.1) is 6.92 Å². The van der Waals surface area contributed by atoms with Gasteiger partial charge in [0.05, 0.1) is 16.9 Å². The highest BCUT2D eigenvalue weighted by Crippen LogP contribution is 2.22. The second-order valence-electron chi connectivity index (χ2n) is 5.80. The molecule has 1 aromatic carbocycles. The molecule has 0 aliphatic rings. The van der Waals surface area contributed by atoms with E-state index in [4.69, 9.17) is 17.3 Å². The summed E-state index contributed by atoms with van der Waals surface area (Å²) >= 11 is 5.95. The molecule has 4 aromatic rings. The minimum Gasteiger partial charge on any atom is -0.382 e. The van der Waals surface area contributed by atoms with E-state index in [1.807, 2.05) is 31.2 Å². The van der Waals surface area contributed by atoms with E-state index in [1.165, 1.54) is 0 Å². The average Bonchev–Trinajstić information content (AvgIpc) is 3.14. The molecule has 0 saturated carbocycles. The number of hydrogen-bond donors (Lipinski definition) is 2. The van der Waals surface area contributed by atoms with Crippen molar-refractivity contribution in [2.75, 3.05) is 11.1 Å². The van der Waals surface area contributed by atoms with Crippen LogP contribution in [-0.4, -0.2) is 25.3 Å². The van der Waals surface area contributed by atoms with Crippen LogP contribution in [0.5, 0.6) is 0 Å². The van der Waals surface area contributed by atoms with E-state index in [0.717, 1.165) is 11.4 Å². The summed E-state index contributed by atoms with van der Waals surface area (Å²) in [5.41, 5.74) is 8.46. The van der Waals surface area contributed by atoms with Crippen LogP contribution < -0.4 is 11.1 Å². The van der Waals surface area contributed by atoms with E-state index in [1.54, 1.807) is 39.7 Å². The van der Waals surface area contributed by atoms with E-state index < -0.39 is 0 Å². The van der Waals surface area contributed by atoms with Crippen molar-refractivity contribution in [3.8, 4) is 5.69 Å². The van der Waals surface area contributed by atoms with Gasteiger partial charge in [0.25, 0.3) is 5.91 Å². The molecule has 0 saturated heterocycles. The van der Waals surface area contributed by atoms with E-state index in [9.17, 15) is 4.79 Å². The maximum atomic E-state index is 12.9. The number of rotatable bonds is 3. The molecule has 1 amide bonds. The highest BCUT2D eigenvalue weighted by molar-refractivity contribution is 6.30. The molecule has 0 bridgehead atoms. The van der Waals surface area contributed by atoms with Gasteiger partial charge < -0.3 is 11.1 Å². The van der Waals surface area contributed by atoms with Crippen molar-refractivity contribution in [2.45, 2.75) is 6.92 Å². The summed E-state index contributed by atoms with van der Waals surface area (Å²) in [5, 5.41) is 12.1. The Morgan fingerprint density at radius 3 is 2.69 bits per heavy atom. The lowest BCUT2D eigenvalue weighted by Gasteiger charge is -2.09. The first-order valence-electron chi connectivity index (χ1n) is 7.90. The molecular weight excluding hydrogens is 352 g/mol. The third kappa shape index (κ3) is 2.78. The molecule has 3 N–H and O–H groups in total. The zero-order valence-electron chi connectivity index (χ0n) is 13.8. The monoisotopic (exact) mass is 366 g/mol. The Kier molecular flexibility index (Phi) is 3.85. The Morgan fingerprint density at radius 2 is 1.92 bits per heavy atom. The molecule has 4 rings (SSSR count). The molecule has 3 aromatic heterocycles. The van der Waals surface area contributed by atoms with Gasteiger partial charge in [-0.3, -0.25) is 4.79 Å². The van der Waals surface area contributed by atoms with E-state index in [-0.39, 0.29) is 11.7 Å². The fraction of sp³-hybridized carbons (Fsp3) is 0.0556. The first kappa shape index (κ1) is 16.2. The Hall–Kier alpha value is -3.32. The van der Waals surface area contributed by atoms with Gasteiger partial charge in [-0.05, 0) is 43.3 Å². The van der Waals surface area contributed by atoms with Gasteiger partial charge in [0.1, 0.15) is 11.4 Å². The first-order chi connectivity index (χ1) is 12.5. The number of nitrogens with one attached hydrogen (secondary N) is 1. The zero-order chi connectivity index (χ0) is 18.3. The van der Waals surface area contributed by atoms with Crippen molar-refractivity contribution in [1.82, 2.24) is 19.4 Å². The lowest BCUT2D eigenvalue weighted by molar-refractivity contribution is 0.102. The molecule has 0 fully saturated rings. The molecule has 26 heavy (non-hydrogen) atoms. The summed E-state index contributed by atoms with van der Waals surface area (Å²) in [5.74, 6) is 0.353. The Morgan fingerprint density at radius 1 is 1.15 bits per heavy atom. The molecule has 7 nitrogen and oxygen atoms in total. The first-order valence-corrected chi connectivity index (χ1v) is 8.27. The van der Waals surface area contributed by atoms with Crippen LogP contribution in [0.15, 0.2) is 54.7 Å². The van der Waals surface area contributed by atoms with Crippen LogP contribution in [0.1, 0.15) is 16.1 Å². The number of nitrogen functional groups attached to an aromatic ring is 1. The van der Waals surface area contributed by atoms with Gasteiger partial charge in [-0.15, -0.1) is 5.10 Å².